The highest BCUT2D eigenvalue weighted by Gasteiger charge is 1.96. The monoisotopic (exact) mass is 167 g/mol. The molecule has 0 aliphatic rings. The average molecular weight is 167 g/mol. The van der Waals surface area contributed by atoms with Crippen molar-refractivity contribution in [2.24, 2.45) is 0 Å². The fourth-order valence-electron chi connectivity index (χ4n) is 1.16. The molecule has 0 saturated carbocycles. The predicted molar refractivity (Wildman–Crippen MR) is 55.9 cm³/mol. The maximum atomic E-state index is 2.21. The highest BCUT2D eigenvalue weighted by Crippen LogP contribution is 2.09. The topological polar surface area (TPSA) is 3.24 Å². The van der Waals surface area contributed by atoms with Crippen LogP contribution < -0.4 is 0 Å². The third-order valence-electron chi connectivity index (χ3n) is 2.12. The molecule has 0 atom stereocenters. The molecule has 0 amide bonds. The average Bonchev–Trinajstić information content (AvgIpc) is 2.06. The van der Waals surface area contributed by atoms with Crippen molar-refractivity contribution in [3.8, 4) is 0 Å². The van der Waals surface area contributed by atoms with E-state index in [9.17, 15) is 0 Å². The molecule has 0 radical (unpaired) electrons. The van der Waals surface area contributed by atoms with Crippen LogP contribution in [-0.4, -0.2) is 11.9 Å². The van der Waals surface area contributed by atoms with Crippen LogP contribution in [0.3, 0.4) is 0 Å². The van der Waals surface area contributed by atoms with Gasteiger partial charge in [-0.25, -0.2) is 0 Å². The Bertz CT molecular complexity index is 177. The van der Waals surface area contributed by atoms with E-state index in [1.54, 1.807) is 0 Å². The number of nitrogens with zero attached hydrogens (tertiary/aromatic N) is 1. The molecule has 70 valence electrons. The Kier molecular flexibility index (Phi) is 5.52. The Labute approximate surface area is 76.8 Å². The molecule has 1 heteroatoms. The number of hydrogen-bond acceptors (Lipinski definition) is 1. The van der Waals surface area contributed by atoms with Crippen molar-refractivity contribution in [2.75, 3.05) is 7.05 Å². The second-order valence-electron chi connectivity index (χ2n) is 3.07. The van der Waals surface area contributed by atoms with Crippen LogP contribution >= 0.6 is 0 Å². The summed E-state index contributed by atoms with van der Waals surface area (Å²) in [6.45, 7) is 8.62. The molecule has 0 N–H and O–H groups in total. The van der Waals surface area contributed by atoms with E-state index in [1.807, 2.05) is 0 Å². The SMILES string of the molecule is C/C=C(/CC)N(C)C=C(C)CC. The Balaban J connectivity index is 4.28. The van der Waals surface area contributed by atoms with Crippen LogP contribution in [0.5, 0.6) is 0 Å². The van der Waals surface area contributed by atoms with Gasteiger partial charge in [0, 0.05) is 18.9 Å². The molecule has 0 heterocycles. The second-order valence-corrected chi connectivity index (χ2v) is 3.07. The standard InChI is InChI=1S/C11H21N/c1-6-10(4)9-12(5)11(7-2)8-3/h7,9H,6,8H2,1-5H3/b10-9?,11-7-. The van der Waals surface area contributed by atoms with E-state index in [-0.39, 0.29) is 0 Å². The van der Waals surface area contributed by atoms with Gasteiger partial charge in [0.05, 0.1) is 0 Å². The minimum atomic E-state index is 1.10. The molecule has 0 fully saturated rings. The number of hydrogen-bond donors (Lipinski definition) is 0. The zero-order valence-corrected chi connectivity index (χ0v) is 9.02. The van der Waals surface area contributed by atoms with Gasteiger partial charge >= 0.3 is 0 Å². The lowest BCUT2D eigenvalue weighted by Gasteiger charge is -2.17. The van der Waals surface area contributed by atoms with Gasteiger partial charge in [0.2, 0.25) is 0 Å². The van der Waals surface area contributed by atoms with Gasteiger partial charge in [-0.2, -0.15) is 0 Å². The number of rotatable bonds is 4. The minimum Gasteiger partial charge on any atom is -0.355 e. The Hall–Kier alpha value is -0.720. The zero-order chi connectivity index (χ0) is 9.56. The first kappa shape index (κ1) is 11.3. The van der Waals surface area contributed by atoms with Crippen molar-refractivity contribution in [3.63, 3.8) is 0 Å². The van der Waals surface area contributed by atoms with Gasteiger partial charge in [0.1, 0.15) is 0 Å². The second kappa shape index (κ2) is 5.87. The smallest absolute Gasteiger partial charge is 0.0125 e. The van der Waals surface area contributed by atoms with Crippen LogP contribution in [-0.2, 0) is 0 Å². The molecule has 0 rings (SSSR count). The van der Waals surface area contributed by atoms with Crippen molar-refractivity contribution < 1.29 is 0 Å². The van der Waals surface area contributed by atoms with E-state index in [2.05, 4.69) is 51.9 Å². The van der Waals surface area contributed by atoms with Crippen molar-refractivity contribution in [2.45, 2.75) is 40.5 Å². The molecule has 0 aromatic heterocycles. The van der Waals surface area contributed by atoms with E-state index in [1.165, 1.54) is 11.3 Å². The lowest BCUT2D eigenvalue weighted by atomic mass is 10.2. The minimum absolute atomic E-state index is 1.10. The van der Waals surface area contributed by atoms with Gasteiger partial charge in [0.25, 0.3) is 0 Å². The maximum absolute atomic E-state index is 2.21. The summed E-state index contributed by atoms with van der Waals surface area (Å²) in [7, 11) is 2.11. The van der Waals surface area contributed by atoms with E-state index in [0.717, 1.165) is 12.8 Å². The molecule has 0 saturated heterocycles. The molecular weight excluding hydrogens is 146 g/mol. The van der Waals surface area contributed by atoms with Crippen molar-refractivity contribution in [1.29, 1.82) is 0 Å². The lowest BCUT2D eigenvalue weighted by Crippen LogP contribution is -2.09. The van der Waals surface area contributed by atoms with Gasteiger partial charge < -0.3 is 4.90 Å². The molecule has 1 nitrogen and oxygen atoms in total. The van der Waals surface area contributed by atoms with Gasteiger partial charge in [-0.05, 0) is 26.7 Å². The van der Waals surface area contributed by atoms with Gasteiger partial charge in [-0.3, -0.25) is 0 Å². The van der Waals surface area contributed by atoms with Crippen LogP contribution in [0.1, 0.15) is 40.5 Å². The third-order valence-corrected chi connectivity index (χ3v) is 2.12. The van der Waals surface area contributed by atoms with Gasteiger partial charge in [-0.1, -0.05) is 25.5 Å². The molecular formula is C11H21N. The summed E-state index contributed by atoms with van der Waals surface area (Å²) in [5, 5.41) is 0. The van der Waals surface area contributed by atoms with Gasteiger partial charge in [-0.15, -0.1) is 0 Å². The predicted octanol–water partition coefficient (Wildman–Crippen LogP) is 3.55. The largest absolute Gasteiger partial charge is 0.355 e. The quantitative estimate of drug-likeness (QED) is 0.619. The Morgan fingerprint density at radius 1 is 1.25 bits per heavy atom. The number of allylic oxidation sites excluding steroid dienone is 3. The van der Waals surface area contributed by atoms with Crippen molar-refractivity contribution >= 4 is 0 Å². The van der Waals surface area contributed by atoms with Crippen LogP contribution in [0.2, 0.25) is 0 Å². The summed E-state index contributed by atoms with van der Waals surface area (Å²) in [6, 6.07) is 0. The molecule has 0 aromatic carbocycles. The molecule has 0 bridgehead atoms. The summed E-state index contributed by atoms with van der Waals surface area (Å²) in [5.74, 6) is 0. The summed E-state index contributed by atoms with van der Waals surface area (Å²) in [4.78, 5) is 2.21. The van der Waals surface area contributed by atoms with E-state index >= 15 is 0 Å². The summed E-state index contributed by atoms with van der Waals surface area (Å²) in [6.07, 6.45) is 6.60. The molecule has 0 unspecified atom stereocenters. The Morgan fingerprint density at radius 2 is 1.83 bits per heavy atom. The van der Waals surface area contributed by atoms with Crippen molar-refractivity contribution in [1.82, 2.24) is 4.90 Å². The fourth-order valence-corrected chi connectivity index (χ4v) is 1.16. The maximum Gasteiger partial charge on any atom is 0.0125 e. The van der Waals surface area contributed by atoms with E-state index in [4.69, 9.17) is 0 Å². The van der Waals surface area contributed by atoms with Crippen LogP contribution in [0, 0.1) is 0 Å². The third kappa shape index (κ3) is 3.61. The first-order valence-electron chi connectivity index (χ1n) is 4.71. The summed E-state index contributed by atoms with van der Waals surface area (Å²) >= 11 is 0. The molecule has 12 heavy (non-hydrogen) atoms. The van der Waals surface area contributed by atoms with Crippen molar-refractivity contribution in [3.05, 3.63) is 23.5 Å². The van der Waals surface area contributed by atoms with Crippen LogP contribution in [0.15, 0.2) is 23.5 Å². The summed E-state index contributed by atoms with van der Waals surface area (Å²) < 4.78 is 0. The zero-order valence-electron chi connectivity index (χ0n) is 9.02. The summed E-state index contributed by atoms with van der Waals surface area (Å²) in [5.41, 5.74) is 2.80. The first-order valence-corrected chi connectivity index (χ1v) is 4.71. The molecule has 0 aromatic rings. The fraction of sp³-hybridized carbons (Fsp3) is 0.636. The molecule has 0 aliphatic heterocycles. The first-order chi connectivity index (χ1) is 5.65. The van der Waals surface area contributed by atoms with E-state index in [0.29, 0.717) is 0 Å². The lowest BCUT2D eigenvalue weighted by molar-refractivity contribution is 0.538. The molecule has 0 aliphatic carbocycles. The normalized spacial score (nSPS) is 13.4. The van der Waals surface area contributed by atoms with E-state index < -0.39 is 0 Å². The Morgan fingerprint density at radius 3 is 2.17 bits per heavy atom. The van der Waals surface area contributed by atoms with Crippen LogP contribution in [0.25, 0.3) is 0 Å². The molecule has 0 spiro atoms. The van der Waals surface area contributed by atoms with Crippen LogP contribution in [0.4, 0.5) is 0 Å². The highest BCUT2D eigenvalue weighted by molar-refractivity contribution is 5.06. The van der Waals surface area contributed by atoms with Gasteiger partial charge in [0.15, 0.2) is 0 Å². The highest BCUT2D eigenvalue weighted by atomic mass is 15.1.